The first kappa shape index (κ1) is 12.0. The Kier molecular flexibility index (Phi) is 3.37. The lowest BCUT2D eigenvalue weighted by atomic mass is 9.96. The van der Waals surface area contributed by atoms with E-state index in [4.69, 9.17) is 9.84 Å². The van der Waals surface area contributed by atoms with Crippen LogP contribution in [0, 0.1) is 11.8 Å². The Morgan fingerprint density at radius 2 is 1.73 bits per heavy atom. The molecule has 0 aromatic rings. The van der Waals surface area contributed by atoms with E-state index in [1.807, 2.05) is 0 Å². The molecule has 1 aliphatic rings. The number of carbonyl (C=O) groups excluding carboxylic acids is 1. The van der Waals surface area contributed by atoms with Gasteiger partial charge in [-0.25, -0.2) is 0 Å². The Bertz CT molecular complexity index is 264. The van der Waals surface area contributed by atoms with Gasteiger partial charge < -0.3 is 9.84 Å². The third-order valence-corrected chi connectivity index (χ3v) is 2.54. The van der Waals surface area contributed by atoms with Crippen molar-refractivity contribution in [2.75, 3.05) is 0 Å². The smallest absolute Gasteiger partial charge is 0.310 e. The van der Waals surface area contributed by atoms with Crippen molar-refractivity contribution < 1.29 is 19.4 Å². The summed E-state index contributed by atoms with van der Waals surface area (Å²) in [6, 6.07) is 0. The molecule has 0 unspecified atom stereocenters. The van der Waals surface area contributed by atoms with Crippen molar-refractivity contribution in [2.24, 2.45) is 11.8 Å². The van der Waals surface area contributed by atoms with Crippen molar-refractivity contribution in [3.63, 3.8) is 0 Å². The molecule has 0 saturated heterocycles. The van der Waals surface area contributed by atoms with E-state index in [9.17, 15) is 9.59 Å². The minimum Gasteiger partial charge on any atom is -0.481 e. The largest absolute Gasteiger partial charge is 0.481 e. The fraction of sp³-hybridized carbons (Fsp3) is 0.818. The summed E-state index contributed by atoms with van der Waals surface area (Å²) in [6.45, 7) is 5.36. The van der Waals surface area contributed by atoms with E-state index in [0.717, 1.165) is 6.42 Å². The maximum Gasteiger partial charge on any atom is 0.310 e. The van der Waals surface area contributed by atoms with Crippen molar-refractivity contribution in [3.05, 3.63) is 0 Å². The molecular weight excluding hydrogens is 196 g/mol. The van der Waals surface area contributed by atoms with Gasteiger partial charge in [0, 0.05) is 0 Å². The number of carboxylic acid groups (broad SMARTS) is 1. The van der Waals surface area contributed by atoms with Gasteiger partial charge in [-0.3, -0.25) is 9.59 Å². The highest BCUT2D eigenvalue weighted by Gasteiger charge is 2.39. The molecule has 4 heteroatoms. The highest BCUT2D eigenvalue weighted by atomic mass is 16.6. The van der Waals surface area contributed by atoms with Gasteiger partial charge in [0.15, 0.2) is 0 Å². The molecule has 0 radical (unpaired) electrons. The maximum absolute atomic E-state index is 11.7. The van der Waals surface area contributed by atoms with Gasteiger partial charge in [-0.1, -0.05) is 6.42 Å². The summed E-state index contributed by atoms with van der Waals surface area (Å²) in [4.78, 5) is 22.6. The van der Waals surface area contributed by atoms with E-state index < -0.39 is 23.4 Å². The molecule has 0 heterocycles. The first-order chi connectivity index (χ1) is 6.81. The number of hydrogen-bond donors (Lipinski definition) is 1. The van der Waals surface area contributed by atoms with Crippen LogP contribution in [0.3, 0.4) is 0 Å². The lowest BCUT2D eigenvalue weighted by Gasteiger charge is -2.23. The fourth-order valence-electron chi connectivity index (χ4n) is 1.92. The van der Waals surface area contributed by atoms with Crippen molar-refractivity contribution >= 4 is 11.9 Å². The number of ether oxygens (including phenoxy) is 1. The molecule has 0 aromatic carbocycles. The van der Waals surface area contributed by atoms with Crippen LogP contribution in [0.1, 0.15) is 40.0 Å². The first-order valence-corrected chi connectivity index (χ1v) is 5.27. The van der Waals surface area contributed by atoms with Crippen LogP contribution in [0.5, 0.6) is 0 Å². The molecule has 1 rings (SSSR count). The predicted octanol–water partition coefficient (Wildman–Crippen LogP) is 1.83. The van der Waals surface area contributed by atoms with Crippen LogP contribution in [-0.2, 0) is 14.3 Å². The van der Waals surface area contributed by atoms with E-state index in [2.05, 4.69) is 0 Å². The van der Waals surface area contributed by atoms with Crippen LogP contribution < -0.4 is 0 Å². The third-order valence-electron chi connectivity index (χ3n) is 2.54. The van der Waals surface area contributed by atoms with Crippen LogP contribution in [0.25, 0.3) is 0 Å². The van der Waals surface area contributed by atoms with Gasteiger partial charge in [-0.05, 0) is 33.6 Å². The quantitative estimate of drug-likeness (QED) is 0.712. The van der Waals surface area contributed by atoms with Crippen molar-refractivity contribution in [1.82, 2.24) is 0 Å². The molecule has 2 atom stereocenters. The van der Waals surface area contributed by atoms with E-state index in [1.54, 1.807) is 20.8 Å². The summed E-state index contributed by atoms with van der Waals surface area (Å²) >= 11 is 0. The molecule has 86 valence electrons. The van der Waals surface area contributed by atoms with E-state index in [0.29, 0.717) is 12.8 Å². The zero-order valence-electron chi connectivity index (χ0n) is 9.45. The second-order valence-electron chi connectivity index (χ2n) is 5.02. The van der Waals surface area contributed by atoms with E-state index >= 15 is 0 Å². The summed E-state index contributed by atoms with van der Waals surface area (Å²) in [5, 5.41) is 8.92. The number of aliphatic carboxylic acids is 1. The van der Waals surface area contributed by atoms with Gasteiger partial charge in [0.2, 0.25) is 0 Å². The van der Waals surface area contributed by atoms with Crippen LogP contribution in [0.15, 0.2) is 0 Å². The Morgan fingerprint density at radius 1 is 1.20 bits per heavy atom. The molecule has 1 N–H and O–H groups in total. The van der Waals surface area contributed by atoms with Crippen molar-refractivity contribution in [3.8, 4) is 0 Å². The average Bonchev–Trinajstić information content (AvgIpc) is 2.47. The fourth-order valence-corrected chi connectivity index (χ4v) is 1.92. The number of carboxylic acids is 1. The second kappa shape index (κ2) is 4.21. The molecule has 0 aliphatic heterocycles. The van der Waals surface area contributed by atoms with Gasteiger partial charge >= 0.3 is 11.9 Å². The minimum atomic E-state index is -0.886. The summed E-state index contributed by atoms with van der Waals surface area (Å²) in [5.41, 5.74) is -0.539. The summed E-state index contributed by atoms with van der Waals surface area (Å²) in [7, 11) is 0. The first-order valence-electron chi connectivity index (χ1n) is 5.27. The number of hydrogen-bond acceptors (Lipinski definition) is 3. The molecule has 0 bridgehead atoms. The lowest BCUT2D eigenvalue weighted by Crippen LogP contribution is -2.32. The summed E-state index contributed by atoms with van der Waals surface area (Å²) in [6.07, 6.45) is 2.01. The highest BCUT2D eigenvalue weighted by Crippen LogP contribution is 2.33. The van der Waals surface area contributed by atoms with Crippen LogP contribution >= 0.6 is 0 Å². The van der Waals surface area contributed by atoms with Crippen LogP contribution in [0.4, 0.5) is 0 Å². The Morgan fingerprint density at radius 3 is 2.20 bits per heavy atom. The SMILES string of the molecule is CC(C)(C)OC(=O)[C@@H]1CCC[C@H]1C(=O)O. The Labute approximate surface area is 89.6 Å². The van der Waals surface area contributed by atoms with E-state index in [1.165, 1.54) is 0 Å². The topological polar surface area (TPSA) is 63.6 Å². The predicted molar refractivity (Wildman–Crippen MR) is 54.3 cm³/mol. The number of esters is 1. The van der Waals surface area contributed by atoms with Gasteiger partial charge in [-0.2, -0.15) is 0 Å². The number of rotatable bonds is 2. The highest BCUT2D eigenvalue weighted by molar-refractivity contribution is 5.81. The molecule has 1 saturated carbocycles. The van der Waals surface area contributed by atoms with Gasteiger partial charge in [0.05, 0.1) is 11.8 Å². The second-order valence-corrected chi connectivity index (χ2v) is 5.02. The maximum atomic E-state index is 11.7. The van der Waals surface area contributed by atoms with Gasteiger partial charge in [0.1, 0.15) is 5.60 Å². The van der Waals surface area contributed by atoms with Crippen LogP contribution in [0.2, 0.25) is 0 Å². The molecule has 1 aliphatic carbocycles. The van der Waals surface area contributed by atoms with Gasteiger partial charge in [0.25, 0.3) is 0 Å². The van der Waals surface area contributed by atoms with Crippen molar-refractivity contribution in [1.29, 1.82) is 0 Å². The molecular formula is C11H18O4. The molecule has 4 nitrogen and oxygen atoms in total. The summed E-state index contributed by atoms with van der Waals surface area (Å²) in [5.74, 6) is -2.27. The zero-order valence-corrected chi connectivity index (χ0v) is 9.45. The molecule has 0 aromatic heterocycles. The average molecular weight is 214 g/mol. The normalized spacial score (nSPS) is 26.3. The Balaban J connectivity index is 2.63. The van der Waals surface area contributed by atoms with Gasteiger partial charge in [-0.15, -0.1) is 0 Å². The monoisotopic (exact) mass is 214 g/mol. The van der Waals surface area contributed by atoms with E-state index in [-0.39, 0.29) is 5.97 Å². The number of carbonyl (C=O) groups is 2. The van der Waals surface area contributed by atoms with Crippen LogP contribution in [-0.4, -0.2) is 22.6 Å². The van der Waals surface area contributed by atoms with Crippen molar-refractivity contribution in [2.45, 2.75) is 45.6 Å². The molecule has 15 heavy (non-hydrogen) atoms. The molecule has 0 spiro atoms. The molecule has 0 amide bonds. The summed E-state index contributed by atoms with van der Waals surface area (Å²) < 4.78 is 5.20. The zero-order chi connectivity index (χ0) is 11.6. The third kappa shape index (κ3) is 3.22. The molecule has 1 fully saturated rings. The Hall–Kier alpha value is -1.06. The standard InChI is InChI=1S/C11H18O4/c1-11(2,3)15-10(14)8-6-4-5-7(8)9(12)13/h7-8H,4-6H2,1-3H3,(H,12,13)/t7-,8-/m1/s1. The minimum absolute atomic E-state index is 0.368. The lowest BCUT2D eigenvalue weighted by molar-refractivity contribution is -0.165.